The Labute approximate surface area is 65.8 Å². The molecule has 11 heavy (non-hydrogen) atoms. The van der Waals surface area contributed by atoms with Gasteiger partial charge in [0.25, 0.3) is 0 Å². The van der Waals surface area contributed by atoms with Gasteiger partial charge in [-0.05, 0) is 26.0 Å². The molecular weight excluding hydrogens is 142 g/mol. The van der Waals surface area contributed by atoms with Crippen molar-refractivity contribution in [1.82, 2.24) is 0 Å². The molecule has 0 fully saturated rings. The van der Waals surface area contributed by atoms with E-state index < -0.39 is 6.04 Å². The summed E-state index contributed by atoms with van der Waals surface area (Å²) < 4.78 is 0. The quantitative estimate of drug-likeness (QED) is 0.457. The van der Waals surface area contributed by atoms with Crippen molar-refractivity contribution in [3.05, 3.63) is 29.2 Å². The van der Waals surface area contributed by atoms with Gasteiger partial charge >= 0.3 is 0 Å². The molecule has 0 saturated heterocycles. The van der Waals surface area contributed by atoms with Gasteiger partial charge in [-0.3, -0.25) is 4.79 Å². The Balaban J connectivity index is 3.92. The first-order chi connectivity index (χ1) is 5.20. The minimum atomic E-state index is -0.427. The highest BCUT2D eigenvalue weighted by molar-refractivity contribution is 5.99. The Morgan fingerprint density at radius 2 is 2.09 bits per heavy atom. The number of nitroso groups, excluding NO2 is 1. The number of nitrogens with zero attached hydrogens (tertiary/aromatic N) is 1. The Morgan fingerprint density at radius 1 is 1.45 bits per heavy atom. The first kappa shape index (κ1) is 9.75. The van der Waals surface area contributed by atoms with Crippen LogP contribution in [0.15, 0.2) is 29.5 Å². The minimum Gasteiger partial charge on any atom is -0.290 e. The normalized spacial score (nSPS) is 14.0. The van der Waals surface area contributed by atoms with Gasteiger partial charge in [0.2, 0.25) is 0 Å². The summed E-state index contributed by atoms with van der Waals surface area (Å²) in [5.74, 6) is -0.122. The molecule has 0 amide bonds. The lowest BCUT2D eigenvalue weighted by Gasteiger charge is -1.88. The molecule has 0 aliphatic rings. The number of ketones is 1. The van der Waals surface area contributed by atoms with E-state index in [1.54, 1.807) is 19.9 Å². The van der Waals surface area contributed by atoms with Crippen LogP contribution in [0.5, 0.6) is 0 Å². The Morgan fingerprint density at radius 3 is 2.55 bits per heavy atom. The molecule has 0 aromatic carbocycles. The number of hydrogen-bond acceptors (Lipinski definition) is 3. The third-order valence-electron chi connectivity index (χ3n) is 1.04. The predicted molar refractivity (Wildman–Crippen MR) is 44.2 cm³/mol. The average Bonchev–Trinajstić information content (AvgIpc) is 2.01. The van der Waals surface area contributed by atoms with Gasteiger partial charge in [-0.15, -0.1) is 0 Å². The summed E-state index contributed by atoms with van der Waals surface area (Å²) in [5, 5.41) is 2.71. The van der Waals surface area contributed by atoms with Crippen LogP contribution < -0.4 is 0 Å². The summed E-state index contributed by atoms with van der Waals surface area (Å²) in [6.07, 6.45) is 5.88. The molecule has 0 aromatic rings. The number of allylic oxidation sites excluding steroid dienone is 3. The molecule has 0 aromatic heterocycles. The summed E-state index contributed by atoms with van der Waals surface area (Å²) in [6.45, 7) is 3.37. The van der Waals surface area contributed by atoms with Crippen LogP contribution in [0.2, 0.25) is 0 Å². The van der Waals surface area contributed by atoms with Gasteiger partial charge in [-0.2, -0.15) is 4.91 Å². The van der Waals surface area contributed by atoms with Crippen molar-refractivity contribution in [1.29, 1.82) is 0 Å². The van der Waals surface area contributed by atoms with Crippen molar-refractivity contribution in [3.63, 3.8) is 0 Å². The maximum Gasteiger partial charge on any atom is 0.178 e. The van der Waals surface area contributed by atoms with Gasteiger partial charge in [-0.1, -0.05) is 17.3 Å². The molecule has 0 heterocycles. The third kappa shape index (κ3) is 5.21. The summed E-state index contributed by atoms with van der Waals surface area (Å²) in [5.41, 5.74) is 0. The first-order valence-corrected chi connectivity index (χ1v) is 3.38. The Bertz CT molecular complexity index is 194. The van der Waals surface area contributed by atoms with E-state index in [1.165, 1.54) is 18.2 Å². The number of rotatable bonds is 4. The van der Waals surface area contributed by atoms with Crippen LogP contribution in [0, 0.1) is 4.91 Å². The molecule has 3 heteroatoms. The summed E-state index contributed by atoms with van der Waals surface area (Å²) in [7, 11) is 0. The van der Waals surface area contributed by atoms with Gasteiger partial charge in [0.05, 0.1) is 0 Å². The highest BCUT2D eigenvalue weighted by atomic mass is 16.3. The van der Waals surface area contributed by atoms with Gasteiger partial charge in [0, 0.05) is 0 Å². The van der Waals surface area contributed by atoms with Gasteiger partial charge in [0.15, 0.2) is 5.78 Å². The second kappa shape index (κ2) is 5.53. The van der Waals surface area contributed by atoms with E-state index in [1.807, 2.05) is 0 Å². The molecule has 1 unspecified atom stereocenters. The van der Waals surface area contributed by atoms with E-state index in [9.17, 15) is 9.70 Å². The first-order valence-electron chi connectivity index (χ1n) is 3.38. The van der Waals surface area contributed by atoms with Crippen molar-refractivity contribution in [3.8, 4) is 0 Å². The summed E-state index contributed by atoms with van der Waals surface area (Å²) in [4.78, 5) is 20.6. The van der Waals surface area contributed by atoms with Crippen molar-refractivity contribution >= 4 is 5.78 Å². The van der Waals surface area contributed by atoms with Crippen molar-refractivity contribution in [2.75, 3.05) is 0 Å². The Hall–Kier alpha value is -1.25. The predicted octanol–water partition coefficient (Wildman–Crippen LogP) is 1.84. The maximum atomic E-state index is 10.7. The molecule has 0 N–H and O–H groups in total. The van der Waals surface area contributed by atoms with E-state index in [0.29, 0.717) is 0 Å². The average molecular weight is 153 g/mol. The molecule has 0 aliphatic carbocycles. The lowest BCUT2D eigenvalue weighted by Crippen LogP contribution is -1.92. The second-order valence-corrected chi connectivity index (χ2v) is 2.11. The molecule has 1 atom stereocenters. The van der Waals surface area contributed by atoms with E-state index >= 15 is 0 Å². The van der Waals surface area contributed by atoms with Crippen LogP contribution in [0.25, 0.3) is 0 Å². The van der Waals surface area contributed by atoms with E-state index in [0.717, 1.165) is 0 Å². The summed E-state index contributed by atoms with van der Waals surface area (Å²) in [6, 6.07) is -0.427. The highest BCUT2D eigenvalue weighted by Crippen LogP contribution is 1.91. The lowest BCUT2D eigenvalue weighted by atomic mass is 10.2. The molecule has 0 spiro atoms. The van der Waals surface area contributed by atoms with Gasteiger partial charge in [0.1, 0.15) is 6.04 Å². The molecule has 0 saturated carbocycles. The topological polar surface area (TPSA) is 46.5 Å². The van der Waals surface area contributed by atoms with Crippen LogP contribution in [0.1, 0.15) is 13.8 Å². The van der Waals surface area contributed by atoms with E-state index in [2.05, 4.69) is 5.18 Å². The summed E-state index contributed by atoms with van der Waals surface area (Å²) >= 11 is 0. The lowest BCUT2D eigenvalue weighted by molar-refractivity contribution is -0.110. The second-order valence-electron chi connectivity index (χ2n) is 2.11. The van der Waals surface area contributed by atoms with Gasteiger partial charge in [-0.25, -0.2) is 0 Å². The van der Waals surface area contributed by atoms with Crippen molar-refractivity contribution in [2.45, 2.75) is 19.9 Å². The minimum absolute atomic E-state index is 0.122. The third-order valence-corrected chi connectivity index (χ3v) is 1.04. The number of carbonyl (C=O) groups excluding carboxylic acids is 1. The van der Waals surface area contributed by atoms with E-state index in [-0.39, 0.29) is 5.78 Å². The fourth-order valence-electron chi connectivity index (χ4n) is 0.489. The smallest absolute Gasteiger partial charge is 0.178 e. The highest BCUT2D eigenvalue weighted by Gasteiger charge is 1.93. The zero-order valence-corrected chi connectivity index (χ0v) is 6.65. The zero-order valence-electron chi connectivity index (χ0n) is 6.65. The zero-order chi connectivity index (χ0) is 8.69. The fourth-order valence-corrected chi connectivity index (χ4v) is 0.489. The van der Waals surface area contributed by atoms with E-state index in [4.69, 9.17) is 0 Å². The fraction of sp³-hybridized carbons (Fsp3) is 0.375. The maximum absolute atomic E-state index is 10.7. The van der Waals surface area contributed by atoms with Crippen LogP contribution in [0.3, 0.4) is 0 Å². The molecule has 0 radical (unpaired) electrons. The van der Waals surface area contributed by atoms with Crippen LogP contribution in [0.4, 0.5) is 0 Å². The molecule has 0 aliphatic heterocycles. The largest absolute Gasteiger partial charge is 0.290 e. The standard InChI is InChI=1S/C8H11NO2/c1-3-4-8(10)6-5-7(2)9-11/h3-7H,1-2H3/b4-3-,6-5-. The molecule has 0 rings (SSSR count). The molecule has 3 nitrogen and oxygen atoms in total. The van der Waals surface area contributed by atoms with Crippen LogP contribution in [-0.4, -0.2) is 11.8 Å². The Kier molecular flexibility index (Phi) is 4.90. The number of hydrogen-bond donors (Lipinski definition) is 0. The molecule has 0 bridgehead atoms. The molecule has 60 valence electrons. The van der Waals surface area contributed by atoms with Crippen molar-refractivity contribution in [2.24, 2.45) is 5.18 Å². The monoisotopic (exact) mass is 153 g/mol. The van der Waals surface area contributed by atoms with Gasteiger partial charge < -0.3 is 0 Å². The SMILES string of the molecule is C/C=C\C(=O)/C=C\C(C)N=O. The van der Waals surface area contributed by atoms with Crippen molar-refractivity contribution < 1.29 is 4.79 Å². The van der Waals surface area contributed by atoms with Crippen LogP contribution >= 0.6 is 0 Å². The number of carbonyl (C=O) groups is 1. The molecular formula is C8H11NO2. The van der Waals surface area contributed by atoms with Crippen LogP contribution in [-0.2, 0) is 4.79 Å².